The van der Waals surface area contributed by atoms with Gasteiger partial charge in [-0.15, -0.1) is 0 Å². The van der Waals surface area contributed by atoms with Gasteiger partial charge in [0.25, 0.3) is 5.56 Å². The molecule has 0 unspecified atom stereocenters. The Hall–Kier alpha value is -3.08. The van der Waals surface area contributed by atoms with Crippen LogP contribution < -0.4 is 10.5 Å². The molecule has 1 saturated heterocycles. The van der Waals surface area contributed by atoms with Gasteiger partial charge in [0.1, 0.15) is 0 Å². The van der Waals surface area contributed by atoms with Gasteiger partial charge in [-0.3, -0.25) is 9.59 Å². The quantitative estimate of drug-likeness (QED) is 0.744. The monoisotopic (exact) mass is 389 g/mol. The number of piperazine rings is 1. The van der Waals surface area contributed by atoms with Gasteiger partial charge in [0.05, 0.1) is 0 Å². The summed E-state index contributed by atoms with van der Waals surface area (Å²) in [5, 5.41) is 1.02. The summed E-state index contributed by atoms with van der Waals surface area (Å²) in [5.74, 6) is 0.200. The van der Waals surface area contributed by atoms with Crippen LogP contribution in [0, 0.1) is 13.8 Å². The van der Waals surface area contributed by atoms with Gasteiger partial charge in [0.15, 0.2) is 0 Å². The number of rotatable bonds is 4. The summed E-state index contributed by atoms with van der Waals surface area (Å²) >= 11 is 0. The maximum atomic E-state index is 12.7. The third-order valence-corrected chi connectivity index (χ3v) is 5.72. The predicted octanol–water partition coefficient (Wildman–Crippen LogP) is 3.43. The van der Waals surface area contributed by atoms with E-state index in [-0.39, 0.29) is 11.5 Å². The van der Waals surface area contributed by atoms with Gasteiger partial charge in [-0.05, 0) is 61.0 Å². The van der Waals surface area contributed by atoms with Crippen molar-refractivity contribution in [3.63, 3.8) is 0 Å². The second-order valence-electron chi connectivity index (χ2n) is 7.91. The Morgan fingerprint density at radius 1 is 1.00 bits per heavy atom. The highest BCUT2D eigenvalue weighted by atomic mass is 16.2. The zero-order valence-corrected chi connectivity index (χ0v) is 17.1. The molecular weight excluding hydrogens is 362 g/mol. The van der Waals surface area contributed by atoms with Crippen LogP contribution in [-0.4, -0.2) is 42.0 Å². The SMILES string of the molecule is Cc1cccc(N2CCN(C(=O)CCc3ccc4cc(C)c(=O)[nH]c4c3)CC2)c1. The molecule has 150 valence electrons. The lowest BCUT2D eigenvalue weighted by Crippen LogP contribution is -2.48. The van der Waals surface area contributed by atoms with E-state index < -0.39 is 0 Å². The Balaban J connectivity index is 1.34. The van der Waals surface area contributed by atoms with Gasteiger partial charge in [0, 0.05) is 49.4 Å². The fourth-order valence-electron chi connectivity index (χ4n) is 3.96. The number of anilines is 1. The smallest absolute Gasteiger partial charge is 0.251 e. The molecule has 1 amide bonds. The molecular formula is C24H27N3O2. The van der Waals surface area contributed by atoms with Gasteiger partial charge in [-0.1, -0.05) is 24.3 Å². The van der Waals surface area contributed by atoms with E-state index in [2.05, 4.69) is 41.1 Å². The zero-order chi connectivity index (χ0) is 20.4. The van der Waals surface area contributed by atoms with Gasteiger partial charge >= 0.3 is 0 Å². The number of nitrogens with zero attached hydrogens (tertiary/aromatic N) is 2. The zero-order valence-electron chi connectivity index (χ0n) is 17.1. The number of carbonyl (C=O) groups is 1. The second kappa shape index (κ2) is 8.11. The van der Waals surface area contributed by atoms with Crippen LogP contribution in [-0.2, 0) is 11.2 Å². The third kappa shape index (κ3) is 4.34. The minimum absolute atomic E-state index is 0.0581. The van der Waals surface area contributed by atoms with Gasteiger partial charge in [0.2, 0.25) is 5.91 Å². The number of aryl methyl sites for hydroxylation is 3. The van der Waals surface area contributed by atoms with Crippen LogP contribution in [0.5, 0.6) is 0 Å². The highest BCUT2D eigenvalue weighted by molar-refractivity contribution is 5.80. The van der Waals surface area contributed by atoms with Gasteiger partial charge < -0.3 is 14.8 Å². The largest absolute Gasteiger partial charge is 0.368 e. The lowest BCUT2D eigenvalue weighted by molar-refractivity contribution is -0.131. The predicted molar refractivity (Wildman–Crippen MR) is 118 cm³/mol. The van der Waals surface area contributed by atoms with Crippen LogP contribution in [0.15, 0.2) is 53.3 Å². The van der Waals surface area contributed by atoms with E-state index in [0.29, 0.717) is 18.4 Å². The Kier molecular flexibility index (Phi) is 5.38. The number of hydrogen-bond donors (Lipinski definition) is 1. The minimum atomic E-state index is -0.0581. The number of aromatic amines is 1. The van der Waals surface area contributed by atoms with E-state index in [0.717, 1.165) is 42.6 Å². The number of fused-ring (bicyclic) bond motifs is 1. The molecule has 0 saturated carbocycles. The molecule has 0 bridgehead atoms. The highest BCUT2D eigenvalue weighted by Gasteiger charge is 2.21. The molecule has 1 aliphatic rings. The average molecular weight is 389 g/mol. The number of hydrogen-bond acceptors (Lipinski definition) is 3. The van der Waals surface area contributed by atoms with E-state index in [1.807, 2.05) is 36.1 Å². The third-order valence-electron chi connectivity index (χ3n) is 5.72. The molecule has 0 radical (unpaired) electrons. The summed E-state index contributed by atoms with van der Waals surface area (Å²) in [5.41, 5.74) is 5.05. The highest BCUT2D eigenvalue weighted by Crippen LogP contribution is 2.19. The Morgan fingerprint density at radius 3 is 2.55 bits per heavy atom. The summed E-state index contributed by atoms with van der Waals surface area (Å²) in [6.45, 7) is 7.17. The molecule has 2 aromatic carbocycles. The van der Waals surface area contributed by atoms with Gasteiger partial charge in [-0.2, -0.15) is 0 Å². The number of benzene rings is 2. The molecule has 5 nitrogen and oxygen atoms in total. The molecule has 4 rings (SSSR count). The standard InChI is InChI=1S/C24H27N3O2/c1-17-4-3-5-21(14-17)26-10-12-27(13-11-26)23(28)9-7-19-6-8-20-15-18(2)24(29)25-22(20)16-19/h3-6,8,14-16H,7,9-13H2,1-2H3,(H,25,29). The van der Waals surface area contributed by atoms with Crippen LogP contribution in [0.1, 0.15) is 23.1 Å². The first-order valence-electron chi connectivity index (χ1n) is 10.2. The van der Waals surface area contributed by atoms with Crippen LogP contribution >= 0.6 is 0 Å². The summed E-state index contributed by atoms with van der Waals surface area (Å²) in [4.78, 5) is 31.8. The first-order valence-corrected chi connectivity index (χ1v) is 10.2. The average Bonchev–Trinajstić information content (AvgIpc) is 2.73. The lowest BCUT2D eigenvalue weighted by atomic mass is 10.1. The van der Waals surface area contributed by atoms with Crippen molar-refractivity contribution in [2.75, 3.05) is 31.1 Å². The second-order valence-corrected chi connectivity index (χ2v) is 7.91. The molecule has 0 aliphatic carbocycles. The Bertz CT molecular complexity index is 1090. The topological polar surface area (TPSA) is 56.4 Å². The summed E-state index contributed by atoms with van der Waals surface area (Å²) in [7, 11) is 0. The fourth-order valence-corrected chi connectivity index (χ4v) is 3.96. The normalized spacial score (nSPS) is 14.4. The molecule has 5 heteroatoms. The summed E-state index contributed by atoms with van der Waals surface area (Å²) < 4.78 is 0. The van der Waals surface area contributed by atoms with Crippen LogP contribution in [0.25, 0.3) is 10.9 Å². The van der Waals surface area contributed by atoms with E-state index in [4.69, 9.17) is 0 Å². The van der Waals surface area contributed by atoms with Crippen molar-refractivity contribution in [2.45, 2.75) is 26.7 Å². The maximum Gasteiger partial charge on any atom is 0.251 e. The Morgan fingerprint density at radius 2 is 1.79 bits per heavy atom. The van der Waals surface area contributed by atoms with Crippen molar-refractivity contribution in [3.8, 4) is 0 Å². The molecule has 1 fully saturated rings. The number of H-pyrrole nitrogens is 1. The van der Waals surface area contributed by atoms with Crippen molar-refractivity contribution in [3.05, 3.63) is 75.6 Å². The van der Waals surface area contributed by atoms with Crippen LogP contribution in [0.4, 0.5) is 5.69 Å². The van der Waals surface area contributed by atoms with Crippen molar-refractivity contribution in [1.82, 2.24) is 9.88 Å². The molecule has 0 atom stereocenters. The molecule has 29 heavy (non-hydrogen) atoms. The van der Waals surface area contributed by atoms with Crippen molar-refractivity contribution in [2.24, 2.45) is 0 Å². The lowest BCUT2D eigenvalue weighted by Gasteiger charge is -2.36. The molecule has 1 aromatic heterocycles. The minimum Gasteiger partial charge on any atom is -0.368 e. The number of carbonyl (C=O) groups excluding carboxylic acids is 1. The van der Waals surface area contributed by atoms with E-state index in [1.165, 1.54) is 11.3 Å². The summed E-state index contributed by atoms with van der Waals surface area (Å²) in [6, 6.07) is 16.5. The van der Waals surface area contributed by atoms with E-state index in [9.17, 15) is 9.59 Å². The molecule has 1 aliphatic heterocycles. The number of amides is 1. The number of nitrogens with one attached hydrogen (secondary N) is 1. The molecule has 1 N–H and O–H groups in total. The maximum absolute atomic E-state index is 12.7. The number of pyridine rings is 1. The van der Waals surface area contributed by atoms with Crippen molar-refractivity contribution < 1.29 is 4.79 Å². The van der Waals surface area contributed by atoms with Crippen LogP contribution in [0.2, 0.25) is 0 Å². The van der Waals surface area contributed by atoms with Crippen LogP contribution in [0.3, 0.4) is 0 Å². The first-order chi connectivity index (χ1) is 14.0. The first kappa shape index (κ1) is 19.2. The fraction of sp³-hybridized carbons (Fsp3) is 0.333. The Labute approximate surface area is 171 Å². The number of aromatic nitrogens is 1. The molecule has 2 heterocycles. The molecule has 3 aromatic rings. The molecule has 0 spiro atoms. The summed E-state index contributed by atoms with van der Waals surface area (Å²) in [6.07, 6.45) is 1.18. The van der Waals surface area contributed by atoms with Crippen molar-refractivity contribution >= 4 is 22.5 Å². The van der Waals surface area contributed by atoms with Crippen molar-refractivity contribution in [1.29, 1.82) is 0 Å². The van der Waals surface area contributed by atoms with E-state index >= 15 is 0 Å². The van der Waals surface area contributed by atoms with E-state index in [1.54, 1.807) is 0 Å². The van der Waals surface area contributed by atoms with Gasteiger partial charge in [-0.25, -0.2) is 0 Å².